The molecule has 4 aliphatic heterocycles. The number of ether oxygens (including phenoxy) is 2. The lowest BCUT2D eigenvalue weighted by Gasteiger charge is -2.33. The minimum Gasteiger partial charge on any atom is -0.378 e. The standard InChI is InChI=1S/C41H44N6O7/c1-27(48)43(17-18-47-39(50)31-8-3-6-29-35(45-21-25-54-26-22-45)12-10-33(37(29)31)41(47)52)15-4-13-42-14-16-46-38(49)30-7-2-5-28-34(44-19-23-53-24-20-44)11-9-32(36(28)30)40(46)51/h2-3,5-12,42H,4,13-26H2,1H3. The summed E-state index contributed by atoms with van der Waals surface area (Å²) in [6.07, 6.45) is 0.599. The highest BCUT2D eigenvalue weighted by molar-refractivity contribution is 6.28. The van der Waals surface area contributed by atoms with Gasteiger partial charge in [-0.2, -0.15) is 0 Å². The molecule has 54 heavy (non-hydrogen) atoms. The summed E-state index contributed by atoms with van der Waals surface area (Å²) in [5, 5.41) is 6.46. The molecule has 0 spiro atoms. The molecule has 0 saturated carbocycles. The zero-order chi connectivity index (χ0) is 37.3. The van der Waals surface area contributed by atoms with E-state index in [1.807, 2.05) is 42.5 Å². The molecule has 13 heteroatoms. The second-order valence-electron chi connectivity index (χ2n) is 14.1. The van der Waals surface area contributed by atoms with Crippen molar-refractivity contribution in [1.82, 2.24) is 20.0 Å². The highest BCUT2D eigenvalue weighted by Gasteiger charge is 2.35. The first kappa shape index (κ1) is 35.6. The zero-order valence-electron chi connectivity index (χ0n) is 30.5. The molecule has 0 aliphatic carbocycles. The number of benzene rings is 4. The van der Waals surface area contributed by atoms with Gasteiger partial charge in [-0.1, -0.05) is 24.3 Å². The van der Waals surface area contributed by atoms with Crippen LogP contribution in [0.2, 0.25) is 0 Å². The van der Waals surface area contributed by atoms with Gasteiger partial charge in [0.15, 0.2) is 0 Å². The Morgan fingerprint density at radius 1 is 0.611 bits per heavy atom. The molecule has 1 N–H and O–H groups in total. The van der Waals surface area contributed by atoms with E-state index in [1.165, 1.54) is 16.7 Å². The van der Waals surface area contributed by atoms with Crippen LogP contribution in [0.25, 0.3) is 21.5 Å². The summed E-state index contributed by atoms with van der Waals surface area (Å²) in [4.78, 5) is 75.8. The number of nitrogens with one attached hydrogen (secondary N) is 1. The summed E-state index contributed by atoms with van der Waals surface area (Å²) in [6.45, 7) is 8.83. The molecule has 8 rings (SSSR count). The average Bonchev–Trinajstić information content (AvgIpc) is 3.20. The van der Waals surface area contributed by atoms with Crippen molar-refractivity contribution in [2.75, 3.05) is 102 Å². The van der Waals surface area contributed by atoms with Gasteiger partial charge in [0.25, 0.3) is 23.6 Å². The van der Waals surface area contributed by atoms with Crippen LogP contribution in [0.3, 0.4) is 0 Å². The summed E-state index contributed by atoms with van der Waals surface area (Å²) < 4.78 is 11.0. The Kier molecular flexibility index (Phi) is 10.0. The van der Waals surface area contributed by atoms with Crippen molar-refractivity contribution >= 4 is 62.5 Å². The van der Waals surface area contributed by atoms with Crippen LogP contribution >= 0.6 is 0 Å². The molecule has 280 valence electrons. The quantitative estimate of drug-likeness (QED) is 0.171. The molecule has 2 fully saturated rings. The predicted molar refractivity (Wildman–Crippen MR) is 204 cm³/mol. The van der Waals surface area contributed by atoms with Gasteiger partial charge < -0.3 is 29.5 Å². The number of hydrogen-bond donors (Lipinski definition) is 1. The zero-order valence-corrected chi connectivity index (χ0v) is 30.5. The van der Waals surface area contributed by atoms with Crippen molar-refractivity contribution in [1.29, 1.82) is 0 Å². The van der Waals surface area contributed by atoms with Crippen LogP contribution in [0, 0.1) is 0 Å². The molecule has 4 aromatic carbocycles. The Bertz CT molecular complexity index is 2110. The summed E-state index contributed by atoms with van der Waals surface area (Å²) in [5.74, 6) is -1.49. The normalized spacial score (nSPS) is 17.3. The molecule has 4 heterocycles. The van der Waals surface area contributed by atoms with Gasteiger partial charge in [-0.3, -0.25) is 33.8 Å². The Labute approximate surface area is 313 Å². The van der Waals surface area contributed by atoms with Gasteiger partial charge in [0.1, 0.15) is 0 Å². The number of anilines is 2. The van der Waals surface area contributed by atoms with Gasteiger partial charge >= 0.3 is 0 Å². The molecular weight excluding hydrogens is 688 g/mol. The highest BCUT2D eigenvalue weighted by Crippen LogP contribution is 2.38. The highest BCUT2D eigenvalue weighted by atomic mass is 16.5. The topological polar surface area (TPSA) is 132 Å². The van der Waals surface area contributed by atoms with Crippen LogP contribution in [0.5, 0.6) is 0 Å². The van der Waals surface area contributed by atoms with Crippen LogP contribution in [0.1, 0.15) is 54.8 Å². The van der Waals surface area contributed by atoms with E-state index in [2.05, 4.69) is 15.1 Å². The Balaban J connectivity index is 0.850. The van der Waals surface area contributed by atoms with Crippen LogP contribution in [0.4, 0.5) is 11.4 Å². The van der Waals surface area contributed by atoms with Crippen LogP contribution in [-0.4, -0.2) is 136 Å². The number of amides is 5. The van der Waals surface area contributed by atoms with E-state index in [1.54, 1.807) is 23.1 Å². The van der Waals surface area contributed by atoms with Crippen molar-refractivity contribution in [3.05, 3.63) is 82.9 Å². The van der Waals surface area contributed by atoms with Crippen LogP contribution < -0.4 is 15.1 Å². The number of hydrogen-bond acceptors (Lipinski definition) is 10. The molecule has 13 nitrogen and oxygen atoms in total. The van der Waals surface area contributed by atoms with E-state index in [0.717, 1.165) is 48.3 Å². The lowest BCUT2D eigenvalue weighted by Crippen LogP contribution is -2.46. The number of rotatable bonds is 12. The third kappa shape index (κ3) is 6.46. The maximum Gasteiger partial charge on any atom is 0.261 e. The fraction of sp³-hybridized carbons (Fsp3) is 0.390. The third-order valence-electron chi connectivity index (χ3n) is 11.0. The summed E-state index contributed by atoms with van der Waals surface area (Å²) >= 11 is 0. The molecule has 2 saturated heterocycles. The average molecular weight is 733 g/mol. The molecule has 4 aromatic rings. The minimum absolute atomic E-state index is 0.0765. The lowest BCUT2D eigenvalue weighted by atomic mass is 9.92. The monoisotopic (exact) mass is 732 g/mol. The second kappa shape index (κ2) is 15.2. The van der Waals surface area contributed by atoms with Crippen LogP contribution in [0.15, 0.2) is 60.7 Å². The summed E-state index contributed by atoms with van der Waals surface area (Å²) in [5.41, 5.74) is 4.01. The lowest BCUT2D eigenvalue weighted by molar-refractivity contribution is -0.129. The molecule has 0 bridgehead atoms. The second-order valence-corrected chi connectivity index (χ2v) is 14.1. The SMILES string of the molecule is CC(=O)N(CCCNCCN1C(=O)c2cccc3c(N4CCOCC4)ccc(c23)C1=O)CCN1C(=O)c2cccc3c(N4CCOCC4)ccc(c23)C1=O. The molecule has 4 aliphatic rings. The molecule has 0 aromatic heterocycles. The minimum atomic E-state index is -0.361. The largest absolute Gasteiger partial charge is 0.378 e. The van der Waals surface area contributed by atoms with Gasteiger partial charge in [0.2, 0.25) is 5.91 Å². The Morgan fingerprint density at radius 3 is 1.56 bits per heavy atom. The number of nitrogens with zero attached hydrogens (tertiary/aromatic N) is 5. The molecule has 0 atom stereocenters. The van der Waals surface area contributed by atoms with E-state index < -0.39 is 0 Å². The smallest absolute Gasteiger partial charge is 0.261 e. The third-order valence-corrected chi connectivity index (χ3v) is 11.0. The number of carbonyl (C=O) groups is 5. The molecule has 0 radical (unpaired) electrons. The van der Waals surface area contributed by atoms with E-state index >= 15 is 0 Å². The van der Waals surface area contributed by atoms with E-state index in [-0.39, 0.29) is 49.2 Å². The van der Waals surface area contributed by atoms with E-state index in [0.29, 0.717) is 85.5 Å². The van der Waals surface area contributed by atoms with Crippen molar-refractivity contribution in [2.45, 2.75) is 13.3 Å². The first-order valence-corrected chi connectivity index (χ1v) is 18.8. The number of carbonyl (C=O) groups excluding carboxylic acids is 5. The fourth-order valence-corrected chi connectivity index (χ4v) is 8.19. The van der Waals surface area contributed by atoms with Crippen molar-refractivity contribution in [3.63, 3.8) is 0 Å². The van der Waals surface area contributed by atoms with Gasteiger partial charge in [0, 0.05) is 121 Å². The predicted octanol–water partition coefficient (Wildman–Crippen LogP) is 3.39. The van der Waals surface area contributed by atoms with Gasteiger partial charge in [-0.25, -0.2) is 0 Å². The van der Waals surface area contributed by atoms with Crippen molar-refractivity contribution in [3.8, 4) is 0 Å². The summed E-state index contributed by atoms with van der Waals surface area (Å²) in [7, 11) is 0. The molecular formula is C41H44N6O7. The molecule has 0 unspecified atom stereocenters. The van der Waals surface area contributed by atoms with Crippen LogP contribution in [-0.2, 0) is 14.3 Å². The van der Waals surface area contributed by atoms with E-state index in [9.17, 15) is 24.0 Å². The van der Waals surface area contributed by atoms with Crippen molar-refractivity contribution < 1.29 is 33.4 Å². The van der Waals surface area contributed by atoms with E-state index in [4.69, 9.17) is 9.47 Å². The number of morpholine rings is 2. The van der Waals surface area contributed by atoms with Gasteiger partial charge in [-0.05, 0) is 49.4 Å². The maximum atomic E-state index is 13.7. The maximum absolute atomic E-state index is 13.7. The Hall–Kier alpha value is -5.37. The molecule has 5 amide bonds. The Morgan fingerprint density at radius 2 is 1.07 bits per heavy atom. The van der Waals surface area contributed by atoms with Gasteiger partial charge in [-0.15, -0.1) is 0 Å². The fourth-order valence-electron chi connectivity index (χ4n) is 8.19. The van der Waals surface area contributed by atoms with Crippen molar-refractivity contribution in [2.24, 2.45) is 0 Å². The number of imide groups is 2. The first-order valence-electron chi connectivity index (χ1n) is 18.8. The first-order chi connectivity index (χ1) is 26.3. The van der Waals surface area contributed by atoms with Gasteiger partial charge in [0.05, 0.1) is 26.4 Å². The summed E-state index contributed by atoms with van der Waals surface area (Å²) in [6, 6.07) is 18.7.